The fraction of sp³-hybridized carbons (Fsp3) is 0.625. The summed E-state index contributed by atoms with van der Waals surface area (Å²) >= 11 is 6.14. The summed E-state index contributed by atoms with van der Waals surface area (Å²) in [5, 5.41) is 4.10. The van der Waals surface area contributed by atoms with Crippen LogP contribution in [0.2, 0.25) is 5.02 Å². The Hall–Kier alpha value is -0.640. The average Bonchev–Trinajstić information content (AvgIpc) is 2.34. The minimum atomic E-state index is -0.212. The molecule has 1 fully saturated rings. The largest absolute Gasteiger partial charge is 0.311 e. The van der Waals surface area contributed by atoms with Gasteiger partial charge in [0.1, 0.15) is 5.82 Å². The van der Waals surface area contributed by atoms with Gasteiger partial charge < -0.3 is 5.32 Å². The highest BCUT2D eigenvalue weighted by atomic mass is 35.5. The van der Waals surface area contributed by atoms with Gasteiger partial charge in [0.2, 0.25) is 0 Å². The molecule has 2 unspecified atom stereocenters. The Morgan fingerprint density at radius 1 is 1.40 bits per heavy atom. The highest BCUT2D eigenvalue weighted by Gasteiger charge is 2.32. The molecule has 1 heterocycles. The van der Waals surface area contributed by atoms with Crippen LogP contribution >= 0.6 is 11.6 Å². The molecule has 0 radical (unpaired) electrons. The van der Waals surface area contributed by atoms with Crippen molar-refractivity contribution >= 4 is 11.6 Å². The van der Waals surface area contributed by atoms with Crippen LogP contribution in [-0.2, 0) is 6.54 Å². The molecule has 1 aliphatic heterocycles. The second-order valence-corrected chi connectivity index (χ2v) is 7.21. The van der Waals surface area contributed by atoms with Crippen LogP contribution in [0.3, 0.4) is 0 Å². The molecule has 0 aliphatic carbocycles. The van der Waals surface area contributed by atoms with Gasteiger partial charge >= 0.3 is 0 Å². The van der Waals surface area contributed by atoms with Gasteiger partial charge in [-0.3, -0.25) is 4.90 Å². The topological polar surface area (TPSA) is 15.3 Å². The van der Waals surface area contributed by atoms with Gasteiger partial charge in [-0.1, -0.05) is 38.4 Å². The number of benzene rings is 1. The van der Waals surface area contributed by atoms with Crippen molar-refractivity contribution in [3.05, 3.63) is 34.6 Å². The predicted molar refractivity (Wildman–Crippen MR) is 82.5 cm³/mol. The van der Waals surface area contributed by atoms with Crippen LogP contribution in [0.25, 0.3) is 0 Å². The first-order valence-electron chi connectivity index (χ1n) is 7.19. The maximum Gasteiger partial charge on any atom is 0.129 e. The van der Waals surface area contributed by atoms with E-state index in [9.17, 15) is 4.39 Å². The molecule has 112 valence electrons. The number of hydrogen-bond donors (Lipinski definition) is 1. The van der Waals surface area contributed by atoms with Crippen molar-refractivity contribution in [1.29, 1.82) is 0 Å². The van der Waals surface area contributed by atoms with Crippen molar-refractivity contribution in [2.24, 2.45) is 5.41 Å². The lowest BCUT2D eigenvalue weighted by Crippen LogP contribution is -2.59. The van der Waals surface area contributed by atoms with Gasteiger partial charge in [0.15, 0.2) is 0 Å². The van der Waals surface area contributed by atoms with E-state index in [4.69, 9.17) is 11.6 Å². The summed E-state index contributed by atoms with van der Waals surface area (Å²) in [4.78, 5) is 2.32. The van der Waals surface area contributed by atoms with Gasteiger partial charge in [-0.15, -0.1) is 0 Å². The smallest absolute Gasteiger partial charge is 0.129 e. The number of nitrogens with one attached hydrogen (secondary N) is 1. The number of halogens is 2. The van der Waals surface area contributed by atoms with Gasteiger partial charge in [0, 0.05) is 42.3 Å². The summed E-state index contributed by atoms with van der Waals surface area (Å²) in [6, 6.07) is 5.68. The molecular formula is C16H24ClFN2. The zero-order valence-corrected chi connectivity index (χ0v) is 13.5. The van der Waals surface area contributed by atoms with Gasteiger partial charge in [-0.05, 0) is 24.5 Å². The molecule has 20 heavy (non-hydrogen) atoms. The van der Waals surface area contributed by atoms with Gasteiger partial charge in [-0.25, -0.2) is 4.39 Å². The molecular weight excluding hydrogens is 275 g/mol. The van der Waals surface area contributed by atoms with E-state index in [2.05, 4.69) is 37.9 Å². The number of hydrogen-bond acceptors (Lipinski definition) is 2. The van der Waals surface area contributed by atoms with Crippen LogP contribution in [-0.4, -0.2) is 30.1 Å². The quantitative estimate of drug-likeness (QED) is 0.896. The first-order valence-corrected chi connectivity index (χ1v) is 7.57. The van der Waals surface area contributed by atoms with Crippen molar-refractivity contribution in [2.45, 2.75) is 46.3 Å². The lowest BCUT2D eigenvalue weighted by molar-refractivity contribution is 0.0868. The number of piperazine rings is 1. The maximum absolute atomic E-state index is 13.9. The Balaban J connectivity index is 2.15. The molecule has 0 amide bonds. The zero-order valence-electron chi connectivity index (χ0n) is 12.7. The zero-order chi connectivity index (χ0) is 14.9. The van der Waals surface area contributed by atoms with E-state index in [1.807, 2.05) is 0 Å². The predicted octanol–water partition coefficient (Wildman–Crippen LogP) is 3.69. The third kappa shape index (κ3) is 3.51. The van der Waals surface area contributed by atoms with Gasteiger partial charge in [-0.2, -0.15) is 0 Å². The van der Waals surface area contributed by atoms with E-state index in [1.165, 1.54) is 6.07 Å². The molecule has 0 bridgehead atoms. The van der Waals surface area contributed by atoms with Crippen molar-refractivity contribution in [3.8, 4) is 0 Å². The van der Waals surface area contributed by atoms with Gasteiger partial charge in [0.05, 0.1) is 0 Å². The van der Waals surface area contributed by atoms with Crippen molar-refractivity contribution in [2.75, 3.05) is 13.1 Å². The summed E-state index contributed by atoms with van der Waals surface area (Å²) in [6.07, 6.45) is 0. The molecule has 1 aliphatic rings. The fourth-order valence-corrected chi connectivity index (χ4v) is 2.83. The molecule has 1 N–H and O–H groups in total. The van der Waals surface area contributed by atoms with E-state index in [0.29, 0.717) is 29.2 Å². The van der Waals surface area contributed by atoms with Crippen molar-refractivity contribution in [3.63, 3.8) is 0 Å². The molecule has 2 rings (SSSR count). The van der Waals surface area contributed by atoms with Crippen LogP contribution in [0, 0.1) is 11.2 Å². The molecule has 1 aromatic rings. The normalized spacial score (nSPS) is 24.9. The average molecular weight is 299 g/mol. The number of rotatable bonds is 2. The minimum absolute atomic E-state index is 0.192. The Bertz CT molecular complexity index is 450. The molecule has 0 aromatic heterocycles. The molecule has 2 nitrogen and oxygen atoms in total. The first-order chi connectivity index (χ1) is 9.29. The van der Waals surface area contributed by atoms with Gasteiger partial charge in [0.25, 0.3) is 0 Å². The SMILES string of the molecule is CC1CNC(C(C)(C)C)CN1Cc1c(F)cccc1Cl. The van der Waals surface area contributed by atoms with E-state index in [1.54, 1.807) is 12.1 Å². The second-order valence-electron chi connectivity index (χ2n) is 6.81. The highest BCUT2D eigenvalue weighted by Crippen LogP contribution is 2.27. The first kappa shape index (κ1) is 15.7. The highest BCUT2D eigenvalue weighted by molar-refractivity contribution is 6.31. The fourth-order valence-electron chi connectivity index (χ4n) is 2.61. The Morgan fingerprint density at radius 3 is 2.70 bits per heavy atom. The lowest BCUT2D eigenvalue weighted by Gasteiger charge is -2.44. The molecule has 0 saturated carbocycles. The monoisotopic (exact) mass is 298 g/mol. The van der Waals surface area contributed by atoms with E-state index in [-0.39, 0.29) is 11.2 Å². The van der Waals surface area contributed by atoms with Crippen LogP contribution in [0.5, 0.6) is 0 Å². The summed E-state index contributed by atoms with van der Waals surface area (Å²) in [5.41, 5.74) is 0.799. The molecule has 4 heteroatoms. The standard InChI is InChI=1S/C16H24ClFN2/c1-11-8-19-15(16(2,3)4)10-20(11)9-12-13(17)6-5-7-14(12)18/h5-7,11,15,19H,8-10H2,1-4H3. The van der Waals surface area contributed by atoms with E-state index < -0.39 is 0 Å². The summed E-state index contributed by atoms with van der Waals surface area (Å²) in [7, 11) is 0. The molecule has 0 spiro atoms. The third-order valence-corrected chi connectivity index (χ3v) is 4.52. The molecule has 2 atom stereocenters. The summed E-state index contributed by atoms with van der Waals surface area (Å²) in [6.45, 7) is 11.3. The third-order valence-electron chi connectivity index (χ3n) is 4.17. The Morgan fingerprint density at radius 2 is 2.10 bits per heavy atom. The van der Waals surface area contributed by atoms with Crippen molar-refractivity contribution in [1.82, 2.24) is 10.2 Å². The number of nitrogens with zero attached hydrogens (tertiary/aromatic N) is 1. The minimum Gasteiger partial charge on any atom is -0.311 e. The Labute approximate surface area is 126 Å². The van der Waals surface area contributed by atoms with Crippen LogP contribution in [0.4, 0.5) is 4.39 Å². The lowest BCUT2D eigenvalue weighted by atomic mass is 9.84. The van der Waals surface area contributed by atoms with E-state index >= 15 is 0 Å². The summed E-state index contributed by atoms with van der Waals surface area (Å²) in [5.74, 6) is -0.212. The summed E-state index contributed by atoms with van der Waals surface area (Å²) < 4.78 is 13.9. The van der Waals surface area contributed by atoms with Crippen LogP contribution in [0.1, 0.15) is 33.3 Å². The molecule has 1 saturated heterocycles. The maximum atomic E-state index is 13.9. The molecule has 1 aromatic carbocycles. The second kappa shape index (κ2) is 6.00. The van der Waals surface area contributed by atoms with Crippen LogP contribution < -0.4 is 5.32 Å². The Kier molecular flexibility index (Phi) is 4.73. The van der Waals surface area contributed by atoms with Crippen molar-refractivity contribution < 1.29 is 4.39 Å². The van der Waals surface area contributed by atoms with Crippen LogP contribution in [0.15, 0.2) is 18.2 Å². The van der Waals surface area contributed by atoms with E-state index in [0.717, 1.165) is 13.1 Å².